The van der Waals surface area contributed by atoms with Gasteiger partial charge in [-0.15, -0.1) is 0 Å². The number of benzene rings is 1. The van der Waals surface area contributed by atoms with Gasteiger partial charge in [-0.1, -0.05) is 58.7 Å². The van der Waals surface area contributed by atoms with Crippen LogP contribution in [0.2, 0.25) is 0 Å². The number of hydrogen-bond donors (Lipinski definition) is 3. The second kappa shape index (κ2) is 16.6. The van der Waals surface area contributed by atoms with Gasteiger partial charge in [0.1, 0.15) is 23.7 Å². The van der Waals surface area contributed by atoms with Crippen molar-refractivity contribution in [3.63, 3.8) is 0 Å². The minimum absolute atomic E-state index is 0.317. The molecule has 4 N–H and O–H groups in total. The van der Waals surface area contributed by atoms with Crippen LogP contribution in [0, 0.1) is 0 Å². The molecule has 1 amide bonds. The highest BCUT2D eigenvalue weighted by Crippen LogP contribution is 2.35. The molecule has 0 aliphatic carbocycles. The van der Waals surface area contributed by atoms with Crippen LogP contribution in [0.5, 0.6) is 5.88 Å². The molecule has 0 unspecified atom stereocenters. The van der Waals surface area contributed by atoms with Gasteiger partial charge in [0, 0.05) is 42.1 Å². The Morgan fingerprint density at radius 3 is 2.26 bits per heavy atom. The monoisotopic (exact) mass is 544 g/mol. The molecule has 0 saturated heterocycles. The summed E-state index contributed by atoms with van der Waals surface area (Å²) in [6.07, 6.45) is 1.63. The van der Waals surface area contributed by atoms with Crippen molar-refractivity contribution in [1.29, 1.82) is 0 Å². The van der Waals surface area contributed by atoms with Crippen LogP contribution in [0.25, 0.3) is 11.3 Å². The van der Waals surface area contributed by atoms with Gasteiger partial charge in [-0.3, -0.25) is 4.79 Å². The third kappa shape index (κ3) is 9.25. The van der Waals surface area contributed by atoms with Crippen LogP contribution in [-0.2, 0) is 10.3 Å². The van der Waals surface area contributed by atoms with Crippen molar-refractivity contribution in [2.75, 3.05) is 36.1 Å². The van der Waals surface area contributed by atoms with Gasteiger partial charge in [-0.25, -0.2) is 9.67 Å². The largest absolute Gasteiger partial charge is 0.475 e. The van der Waals surface area contributed by atoms with E-state index < -0.39 is 11.4 Å². The highest BCUT2D eigenvalue weighted by molar-refractivity contribution is 8.00. The maximum Gasteiger partial charge on any atom is 0.254 e. The molecule has 1 aromatic carbocycles. The molecule has 0 radical (unpaired) electrons. The summed E-state index contributed by atoms with van der Waals surface area (Å²) in [6.45, 7) is 17.0. The zero-order chi connectivity index (χ0) is 28.7. The van der Waals surface area contributed by atoms with Crippen molar-refractivity contribution in [3.05, 3.63) is 48.2 Å². The van der Waals surface area contributed by atoms with E-state index in [1.165, 1.54) is 0 Å². The van der Waals surface area contributed by atoms with E-state index in [1.54, 1.807) is 42.1 Å². The zero-order valence-corrected chi connectivity index (χ0v) is 25.0. The van der Waals surface area contributed by atoms with Crippen molar-refractivity contribution >= 4 is 35.0 Å². The minimum Gasteiger partial charge on any atom is -0.475 e. The SMILES string of the molecule is CC.CC.CCSNc1ccc(-c2nn(C(C)(C)C)c(Nc3ccnc(OCCOC)c3)c2C(N)=O)cc1. The number of carbonyl (C=O) groups is 1. The first-order valence-corrected chi connectivity index (χ1v) is 14.0. The van der Waals surface area contributed by atoms with Crippen LogP contribution < -0.4 is 20.5 Å². The Morgan fingerprint density at radius 2 is 1.71 bits per heavy atom. The first kappa shape index (κ1) is 32.8. The summed E-state index contributed by atoms with van der Waals surface area (Å²) in [5, 5.41) is 8.13. The summed E-state index contributed by atoms with van der Waals surface area (Å²) in [7, 11) is 1.61. The topological polar surface area (TPSA) is 116 Å². The van der Waals surface area contributed by atoms with E-state index in [0.717, 1.165) is 17.0 Å². The fourth-order valence-corrected chi connectivity index (χ4v) is 3.69. The minimum atomic E-state index is -0.567. The van der Waals surface area contributed by atoms with Crippen molar-refractivity contribution in [3.8, 4) is 17.1 Å². The standard InChI is InChI=1S/C24H32N6O3S.2C2H6/c1-6-34-29-17-9-7-16(8-10-17)21-20(22(25)31)23(30(28-21)24(2,3)4)27-18-11-12-26-19(15-18)33-14-13-32-5;2*1-2/h7-12,15,29H,6,13-14H2,1-5H3,(H2,25,31)(H,26,27);2*1-2H3. The van der Waals surface area contributed by atoms with Gasteiger partial charge in [-0.2, -0.15) is 5.10 Å². The molecule has 0 spiro atoms. The Hall–Kier alpha value is -3.24. The number of nitrogens with two attached hydrogens (primary N) is 1. The Morgan fingerprint density at radius 1 is 1.05 bits per heavy atom. The number of aromatic nitrogens is 3. The third-order valence-corrected chi connectivity index (χ3v) is 5.46. The number of rotatable bonds is 11. The van der Waals surface area contributed by atoms with E-state index in [0.29, 0.717) is 41.9 Å². The number of amides is 1. The van der Waals surface area contributed by atoms with Gasteiger partial charge >= 0.3 is 0 Å². The normalized spacial score (nSPS) is 10.4. The van der Waals surface area contributed by atoms with Gasteiger partial charge in [0.05, 0.1) is 12.1 Å². The van der Waals surface area contributed by atoms with Gasteiger partial charge in [0.2, 0.25) is 5.88 Å². The molecule has 38 heavy (non-hydrogen) atoms. The summed E-state index contributed by atoms with van der Waals surface area (Å²) in [5.41, 5.74) is 8.75. The highest BCUT2D eigenvalue weighted by atomic mass is 32.2. The lowest BCUT2D eigenvalue weighted by molar-refractivity contribution is 0.100. The molecule has 3 aromatic rings. The number of pyridine rings is 1. The van der Waals surface area contributed by atoms with E-state index in [-0.39, 0.29) is 0 Å². The predicted octanol–water partition coefficient (Wildman–Crippen LogP) is 6.70. The van der Waals surface area contributed by atoms with Crippen LogP contribution in [-0.4, -0.2) is 46.7 Å². The van der Waals surface area contributed by atoms with E-state index in [9.17, 15) is 4.79 Å². The molecule has 0 saturated carbocycles. The number of nitrogens with one attached hydrogen (secondary N) is 2. The number of nitrogens with zero attached hydrogens (tertiary/aromatic N) is 3. The van der Waals surface area contributed by atoms with E-state index in [1.807, 2.05) is 72.7 Å². The van der Waals surface area contributed by atoms with Crippen molar-refractivity contribution < 1.29 is 14.3 Å². The number of primary amides is 1. The summed E-state index contributed by atoms with van der Waals surface area (Å²) in [5.74, 6) is 1.33. The molecule has 0 bridgehead atoms. The molecular weight excluding hydrogens is 500 g/mol. The average molecular weight is 545 g/mol. The maximum atomic E-state index is 12.7. The van der Waals surface area contributed by atoms with E-state index >= 15 is 0 Å². The van der Waals surface area contributed by atoms with Crippen LogP contribution in [0.15, 0.2) is 42.6 Å². The lowest BCUT2D eigenvalue weighted by Gasteiger charge is -2.23. The molecule has 0 atom stereocenters. The Kier molecular flexibility index (Phi) is 14.3. The van der Waals surface area contributed by atoms with Crippen LogP contribution in [0.3, 0.4) is 0 Å². The lowest BCUT2D eigenvalue weighted by atomic mass is 10.1. The molecular formula is C28H44N6O3S. The molecule has 210 valence electrons. The van der Waals surface area contributed by atoms with Crippen LogP contribution in [0.4, 0.5) is 17.2 Å². The van der Waals surface area contributed by atoms with Gasteiger partial charge in [0.25, 0.3) is 5.91 Å². The highest BCUT2D eigenvalue weighted by Gasteiger charge is 2.29. The summed E-state index contributed by atoms with van der Waals surface area (Å²) >= 11 is 1.61. The maximum absolute atomic E-state index is 12.7. The van der Waals surface area contributed by atoms with Crippen molar-refractivity contribution in [2.24, 2.45) is 5.73 Å². The number of carbonyl (C=O) groups excluding carboxylic acids is 1. The van der Waals surface area contributed by atoms with E-state index in [4.69, 9.17) is 20.3 Å². The van der Waals surface area contributed by atoms with Crippen LogP contribution in [0.1, 0.15) is 65.7 Å². The van der Waals surface area contributed by atoms with Crippen molar-refractivity contribution in [1.82, 2.24) is 14.8 Å². The first-order chi connectivity index (χ1) is 18.2. The Balaban J connectivity index is 0.00000172. The van der Waals surface area contributed by atoms with E-state index in [2.05, 4.69) is 21.9 Å². The molecule has 9 nitrogen and oxygen atoms in total. The quantitative estimate of drug-likeness (QED) is 0.180. The lowest BCUT2D eigenvalue weighted by Crippen LogP contribution is -2.25. The number of anilines is 3. The molecule has 0 fully saturated rings. The van der Waals surface area contributed by atoms with Gasteiger partial charge in [-0.05, 0) is 39.0 Å². The van der Waals surface area contributed by atoms with Gasteiger partial charge in [0.15, 0.2) is 0 Å². The van der Waals surface area contributed by atoms with Crippen molar-refractivity contribution in [2.45, 2.75) is 60.9 Å². The fourth-order valence-electron chi connectivity index (χ4n) is 3.24. The fraction of sp³-hybridized carbons (Fsp3) is 0.464. The molecule has 0 aliphatic heterocycles. The van der Waals surface area contributed by atoms with Crippen LogP contribution >= 0.6 is 11.9 Å². The molecule has 3 rings (SSSR count). The Bertz CT molecular complexity index is 1110. The summed E-state index contributed by atoms with van der Waals surface area (Å²) < 4.78 is 15.7. The molecule has 2 heterocycles. The molecule has 0 aliphatic rings. The molecule has 10 heteroatoms. The molecule has 2 aromatic heterocycles. The second-order valence-corrected chi connectivity index (χ2v) is 9.55. The third-order valence-electron chi connectivity index (χ3n) is 4.79. The second-order valence-electron chi connectivity index (χ2n) is 8.48. The number of hydrogen-bond acceptors (Lipinski definition) is 8. The zero-order valence-electron chi connectivity index (χ0n) is 24.2. The Labute approximate surface area is 232 Å². The summed E-state index contributed by atoms with van der Waals surface area (Å²) in [6, 6.07) is 11.3. The smallest absolute Gasteiger partial charge is 0.254 e. The number of methoxy groups -OCH3 is 1. The first-order valence-electron chi connectivity index (χ1n) is 13.0. The van der Waals surface area contributed by atoms with Gasteiger partial charge < -0.3 is 25.2 Å². The summed E-state index contributed by atoms with van der Waals surface area (Å²) in [4.78, 5) is 16.9. The average Bonchev–Trinajstić information content (AvgIpc) is 3.30. The number of ether oxygens (including phenoxy) is 2. The predicted molar refractivity (Wildman–Crippen MR) is 161 cm³/mol.